The average Bonchev–Trinajstić information content (AvgIpc) is 2.28. The maximum absolute atomic E-state index is 5.58. The van der Waals surface area contributed by atoms with Gasteiger partial charge in [0.15, 0.2) is 0 Å². The van der Waals surface area contributed by atoms with Gasteiger partial charge in [-0.15, -0.1) is 0 Å². The van der Waals surface area contributed by atoms with E-state index in [1.54, 1.807) is 7.11 Å². The molecule has 5 nitrogen and oxygen atoms in total. The highest BCUT2D eigenvalue weighted by atomic mass is 16.5. The molecule has 1 heterocycles. The van der Waals surface area contributed by atoms with Gasteiger partial charge in [-0.3, -0.25) is 0 Å². The van der Waals surface area contributed by atoms with Crippen LogP contribution in [0.25, 0.3) is 0 Å². The zero-order chi connectivity index (χ0) is 12.0. The minimum atomic E-state index is 0.447. The molecule has 0 aliphatic carbocycles. The Morgan fingerprint density at radius 1 is 1.44 bits per heavy atom. The zero-order valence-corrected chi connectivity index (χ0v) is 10.2. The van der Waals surface area contributed by atoms with E-state index in [1.165, 1.54) is 0 Å². The third-order valence-electron chi connectivity index (χ3n) is 2.29. The molecule has 2 N–H and O–H groups in total. The Hall–Kier alpha value is -1.20. The predicted molar refractivity (Wildman–Crippen MR) is 64.4 cm³/mol. The Labute approximate surface area is 96.6 Å². The maximum atomic E-state index is 5.58. The summed E-state index contributed by atoms with van der Waals surface area (Å²) >= 11 is 0. The first kappa shape index (κ1) is 12.9. The second-order valence-corrected chi connectivity index (χ2v) is 3.77. The summed E-state index contributed by atoms with van der Waals surface area (Å²) in [6.07, 6.45) is 0.961. The topological polar surface area (TPSA) is 64.3 Å². The van der Waals surface area contributed by atoms with Crippen LogP contribution in [0.2, 0.25) is 0 Å². The molecule has 1 aromatic rings. The summed E-state index contributed by atoms with van der Waals surface area (Å²) in [5.41, 5.74) is 7.40. The summed E-state index contributed by atoms with van der Waals surface area (Å²) in [5, 5.41) is 0. The van der Waals surface area contributed by atoms with Gasteiger partial charge in [0.1, 0.15) is 0 Å². The Kier molecular flexibility index (Phi) is 5.14. The van der Waals surface area contributed by atoms with E-state index >= 15 is 0 Å². The van der Waals surface area contributed by atoms with E-state index in [0.717, 1.165) is 36.9 Å². The van der Waals surface area contributed by atoms with E-state index in [1.807, 2.05) is 24.9 Å². The van der Waals surface area contributed by atoms with E-state index in [9.17, 15) is 0 Å². The highest BCUT2D eigenvalue weighted by Crippen LogP contribution is 2.08. The van der Waals surface area contributed by atoms with Gasteiger partial charge in [-0.05, 0) is 19.4 Å². The van der Waals surface area contributed by atoms with Gasteiger partial charge in [0.2, 0.25) is 5.95 Å². The molecule has 5 heteroatoms. The molecule has 0 amide bonds. The van der Waals surface area contributed by atoms with E-state index < -0.39 is 0 Å². The molecule has 1 aromatic heterocycles. The number of nitrogens with two attached hydrogens (primary N) is 1. The van der Waals surface area contributed by atoms with Crippen molar-refractivity contribution in [2.24, 2.45) is 5.73 Å². The number of methoxy groups -OCH3 is 1. The smallest absolute Gasteiger partial charge is 0.225 e. The number of ether oxygens (including phenoxy) is 1. The van der Waals surface area contributed by atoms with Crippen molar-refractivity contribution in [1.82, 2.24) is 9.97 Å². The number of anilines is 1. The molecule has 0 fully saturated rings. The van der Waals surface area contributed by atoms with Crippen molar-refractivity contribution in [1.29, 1.82) is 0 Å². The quantitative estimate of drug-likeness (QED) is 0.721. The molecule has 0 radical (unpaired) electrons. The number of aromatic nitrogens is 2. The number of rotatable bonds is 6. The van der Waals surface area contributed by atoms with Crippen molar-refractivity contribution >= 4 is 5.95 Å². The Bertz CT molecular complexity index is 330. The lowest BCUT2D eigenvalue weighted by atomic mass is 10.3. The van der Waals surface area contributed by atoms with E-state index in [2.05, 4.69) is 9.97 Å². The standard InChI is InChI=1S/C11H20N4O/c1-9-7-10(8-12)14-11(13-9)15(2)5-4-6-16-3/h7H,4-6,8,12H2,1-3H3. The fourth-order valence-electron chi connectivity index (χ4n) is 1.44. The van der Waals surface area contributed by atoms with Crippen molar-refractivity contribution < 1.29 is 4.74 Å². The lowest BCUT2D eigenvalue weighted by molar-refractivity contribution is 0.196. The van der Waals surface area contributed by atoms with Gasteiger partial charge in [0, 0.05) is 39.5 Å². The van der Waals surface area contributed by atoms with Gasteiger partial charge < -0.3 is 15.4 Å². The molecule has 1 rings (SSSR count). The first-order chi connectivity index (χ1) is 7.67. The van der Waals surface area contributed by atoms with Crippen LogP contribution in [0.4, 0.5) is 5.95 Å². The highest BCUT2D eigenvalue weighted by Gasteiger charge is 2.06. The number of hydrogen-bond donors (Lipinski definition) is 1. The fraction of sp³-hybridized carbons (Fsp3) is 0.636. The van der Waals surface area contributed by atoms with E-state index in [0.29, 0.717) is 6.54 Å². The van der Waals surface area contributed by atoms with Gasteiger partial charge >= 0.3 is 0 Å². The van der Waals surface area contributed by atoms with Crippen LogP contribution in [0.3, 0.4) is 0 Å². The molecular weight excluding hydrogens is 204 g/mol. The molecule has 0 bridgehead atoms. The number of nitrogens with zero attached hydrogens (tertiary/aromatic N) is 3. The third kappa shape index (κ3) is 3.75. The van der Waals surface area contributed by atoms with Gasteiger partial charge in [-0.1, -0.05) is 0 Å². The molecule has 0 aromatic carbocycles. The maximum Gasteiger partial charge on any atom is 0.225 e. The SMILES string of the molecule is COCCCN(C)c1nc(C)cc(CN)n1. The van der Waals surface area contributed by atoms with Gasteiger partial charge in [0.25, 0.3) is 0 Å². The zero-order valence-electron chi connectivity index (χ0n) is 10.2. The first-order valence-electron chi connectivity index (χ1n) is 5.42. The summed E-state index contributed by atoms with van der Waals surface area (Å²) in [6.45, 7) is 4.02. The number of aryl methyl sites for hydroxylation is 1. The minimum absolute atomic E-state index is 0.447. The fourth-order valence-corrected chi connectivity index (χ4v) is 1.44. The molecule has 0 unspecified atom stereocenters. The normalized spacial score (nSPS) is 10.5. The molecule has 90 valence electrons. The van der Waals surface area contributed by atoms with Crippen LogP contribution < -0.4 is 10.6 Å². The third-order valence-corrected chi connectivity index (χ3v) is 2.29. The van der Waals surface area contributed by atoms with Crippen LogP contribution in [0.1, 0.15) is 17.8 Å². The highest BCUT2D eigenvalue weighted by molar-refractivity contribution is 5.30. The van der Waals surface area contributed by atoms with Crippen LogP contribution in [0.5, 0.6) is 0 Å². The molecule has 0 aliphatic heterocycles. The Morgan fingerprint density at radius 3 is 2.81 bits per heavy atom. The second kappa shape index (κ2) is 6.40. The molecule has 0 atom stereocenters. The minimum Gasteiger partial charge on any atom is -0.385 e. The Morgan fingerprint density at radius 2 is 2.19 bits per heavy atom. The average molecular weight is 224 g/mol. The van der Waals surface area contributed by atoms with Crippen LogP contribution >= 0.6 is 0 Å². The second-order valence-electron chi connectivity index (χ2n) is 3.77. The first-order valence-corrected chi connectivity index (χ1v) is 5.42. The van der Waals surface area contributed by atoms with Crippen LogP contribution in [0.15, 0.2) is 6.07 Å². The van der Waals surface area contributed by atoms with Crippen molar-refractivity contribution in [2.45, 2.75) is 19.9 Å². The predicted octanol–water partition coefficient (Wildman–Crippen LogP) is 0.716. The van der Waals surface area contributed by atoms with Gasteiger partial charge in [0.05, 0.1) is 5.69 Å². The van der Waals surface area contributed by atoms with Gasteiger partial charge in [-0.25, -0.2) is 9.97 Å². The van der Waals surface area contributed by atoms with Gasteiger partial charge in [-0.2, -0.15) is 0 Å². The van der Waals surface area contributed by atoms with E-state index in [-0.39, 0.29) is 0 Å². The molecule has 0 spiro atoms. The summed E-state index contributed by atoms with van der Waals surface area (Å²) < 4.78 is 5.01. The summed E-state index contributed by atoms with van der Waals surface area (Å²) in [7, 11) is 3.68. The van der Waals surface area contributed by atoms with Crippen molar-refractivity contribution in [3.8, 4) is 0 Å². The molecule has 0 saturated heterocycles. The van der Waals surface area contributed by atoms with Crippen LogP contribution in [0, 0.1) is 6.92 Å². The summed E-state index contributed by atoms with van der Waals surface area (Å²) in [6, 6.07) is 1.91. The molecule has 16 heavy (non-hydrogen) atoms. The van der Waals surface area contributed by atoms with Crippen LogP contribution in [-0.4, -0.2) is 37.3 Å². The van der Waals surface area contributed by atoms with Crippen LogP contribution in [-0.2, 0) is 11.3 Å². The van der Waals surface area contributed by atoms with E-state index in [4.69, 9.17) is 10.5 Å². The summed E-state index contributed by atoms with van der Waals surface area (Å²) in [4.78, 5) is 10.8. The lowest BCUT2D eigenvalue weighted by Crippen LogP contribution is -2.23. The largest absolute Gasteiger partial charge is 0.385 e. The van der Waals surface area contributed by atoms with Crippen molar-refractivity contribution in [2.75, 3.05) is 32.2 Å². The molecular formula is C11H20N4O. The Balaban J connectivity index is 2.66. The lowest BCUT2D eigenvalue weighted by Gasteiger charge is -2.17. The van der Waals surface area contributed by atoms with Crippen molar-refractivity contribution in [3.05, 3.63) is 17.5 Å². The van der Waals surface area contributed by atoms with Crippen molar-refractivity contribution in [3.63, 3.8) is 0 Å². The molecule has 0 saturated carbocycles. The summed E-state index contributed by atoms with van der Waals surface area (Å²) in [5.74, 6) is 0.733. The number of hydrogen-bond acceptors (Lipinski definition) is 5. The monoisotopic (exact) mass is 224 g/mol. The molecule has 0 aliphatic rings.